The predicted octanol–water partition coefficient (Wildman–Crippen LogP) is 4.14. The van der Waals surface area contributed by atoms with Crippen molar-refractivity contribution in [2.75, 3.05) is 11.9 Å². The Morgan fingerprint density at radius 2 is 1.79 bits per heavy atom. The van der Waals surface area contributed by atoms with Gasteiger partial charge in [-0.1, -0.05) is 60.7 Å². The second kappa shape index (κ2) is 9.92. The lowest BCUT2D eigenvalue weighted by Gasteiger charge is -2.08. The summed E-state index contributed by atoms with van der Waals surface area (Å²) in [6, 6.07) is 25.4. The van der Waals surface area contributed by atoms with Crippen LogP contribution in [0.25, 0.3) is 0 Å². The Morgan fingerprint density at radius 1 is 1.00 bits per heavy atom. The Balaban J connectivity index is 1.47. The minimum atomic E-state index is -0.212. The predicted molar refractivity (Wildman–Crippen MR) is 113 cm³/mol. The Kier molecular flexibility index (Phi) is 6.79. The molecule has 28 heavy (non-hydrogen) atoms. The first-order valence-corrected chi connectivity index (χ1v) is 9.09. The number of anilines is 1. The van der Waals surface area contributed by atoms with E-state index >= 15 is 0 Å². The van der Waals surface area contributed by atoms with E-state index in [0.29, 0.717) is 6.61 Å². The van der Waals surface area contributed by atoms with Gasteiger partial charge in [0.05, 0.1) is 12.8 Å². The van der Waals surface area contributed by atoms with Crippen molar-refractivity contribution < 1.29 is 9.53 Å². The lowest BCUT2D eigenvalue weighted by molar-refractivity contribution is -0.119. The van der Waals surface area contributed by atoms with Gasteiger partial charge in [-0.3, -0.25) is 4.79 Å². The number of nitrogens with zero attached hydrogens (tertiary/aromatic N) is 1. The summed E-state index contributed by atoms with van der Waals surface area (Å²) in [5.74, 6) is 0.538. The molecule has 0 radical (unpaired) electrons. The zero-order chi connectivity index (χ0) is 19.6. The molecule has 2 N–H and O–H groups in total. The van der Waals surface area contributed by atoms with Crippen molar-refractivity contribution in [2.45, 2.75) is 13.5 Å². The molecule has 0 aliphatic rings. The summed E-state index contributed by atoms with van der Waals surface area (Å²) in [6.07, 6.45) is 1.60. The van der Waals surface area contributed by atoms with Crippen LogP contribution in [0.2, 0.25) is 0 Å². The molecule has 0 bridgehead atoms. The SMILES string of the molecule is Cc1ccccc1NCC(=O)N/N=C\c1cccc(OCc2ccccc2)c1. The smallest absolute Gasteiger partial charge is 0.259 e. The molecule has 0 unspecified atom stereocenters. The molecule has 3 aromatic carbocycles. The first-order valence-electron chi connectivity index (χ1n) is 9.09. The van der Waals surface area contributed by atoms with E-state index in [1.165, 1.54) is 0 Å². The monoisotopic (exact) mass is 373 g/mol. The topological polar surface area (TPSA) is 62.7 Å². The number of hydrogen-bond donors (Lipinski definition) is 2. The molecule has 0 spiro atoms. The third kappa shape index (κ3) is 5.99. The van der Waals surface area contributed by atoms with E-state index in [2.05, 4.69) is 15.8 Å². The van der Waals surface area contributed by atoms with Crippen LogP contribution in [0.15, 0.2) is 84.0 Å². The summed E-state index contributed by atoms with van der Waals surface area (Å²) < 4.78 is 5.80. The number of ether oxygens (including phenoxy) is 1. The number of benzene rings is 3. The van der Waals surface area contributed by atoms with Crippen LogP contribution in [0.5, 0.6) is 5.75 Å². The van der Waals surface area contributed by atoms with Crippen LogP contribution in [-0.4, -0.2) is 18.7 Å². The molecule has 0 aliphatic heterocycles. The van der Waals surface area contributed by atoms with Gasteiger partial charge in [0.1, 0.15) is 12.4 Å². The van der Waals surface area contributed by atoms with Crippen LogP contribution in [0.4, 0.5) is 5.69 Å². The highest BCUT2D eigenvalue weighted by molar-refractivity contribution is 5.84. The number of para-hydroxylation sites is 1. The van der Waals surface area contributed by atoms with E-state index in [-0.39, 0.29) is 12.5 Å². The second-order valence-electron chi connectivity index (χ2n) is 6.31. The summed E-state index contributed by atoms with van der Waals surface area (Å²) in [5.41, 5.74) is 6.50. The second-order valence-corrected chi connectivity index (χ2v) is 6.31. The van der Waals surface area contributed by atoms with Crippen molar-refractivity contribution in [1.29, 1.82) is 0 Å². The number of aryl methyl sites for hydroxylation is 1. The molecular formula is C23H23N3O2. The lowest BCUT2D eigenvalue weighted by Crippen LogP contribution is -2.26. The van der Waals surface area contributed by atoms with E-state index in [9.17, 15) is 4.79 Å². The molecule has 0 fully saturated rings. The third-order valence-electron chi connectivity index (χ3n) is 4.09. The number of carbonyl (C=O) groups is 1. The molecule has 142 valence electrons. The van der Waals surface area contributed by atoms with Gasteiger partial charge < -0.3 is 10.1 Å². The van der Waals surface area contributed by atoms with E-state index in [4.69, 9.17) is 4.74 Å². The molecule has 0 aromatic heterocycles. The number of hydrogen-bond acceptors (Lipinski definition) is 4. The Bertz CT molecular complexity index is 939. The summed E-state index contributed by atoms with van der Waals surface area (Å²) in [6.45, 7) is 2.65. The minimum Gasteiger partial charge on any atom is -0.489 e. The molecule has 0 heterocycles. The van der Waals surface area contributed by atoms with Crippen molar-refractivity contribution >= 4 is 17.8 Å². The van der Waals surface area contributed by atoms with E-state index in [1.807, 2.05) is 85.8 Å². The lowest BCUT2D eigenvalue weighted by atomic mass is 10.2. The van der Waals surface area contributed by atoms with Crippen molar-refractivity contribution in [3.8, 4) is 5.75 Å². The van der Waals surface area contributed by atoms with Gasteiger partial charge in [0, 0.05) is 5.69 Å². The number of hydrazone groups is 1. The van der Waals surface area contributed by atoms with Crippen LogP contribution in [-0.2, 0) is 11.4 Å². The largest absolute Gasteiger partial charge is 0.489 e. The van der Waals surface area contributed by atoms with Crippen molar-refractivity contribution in [3.05, 3.63) is 95.6 Å². The fourth-order valence-corrected chi connectivity index (χ4v) is 2.59. The van der Waals surface area contributed by atoms with Gasteiger partial charge in [0.15, 0.2) is 0 Å². The number of carbonyl (C=O) groups excluding carboxylic acids is 1. The highest BCUT2D eigenvalue weighted by Gasteiger charge is 2.01. The molecule has 0 saturated carbocycles. The van der Waals surface area contributed by atoms with E-state index in [0.717, 1.165) is 28.1 Å². The Labute approximate surface area is 165 Å². The van der Waals surface area contributed by atoms with Gasteiger partial charge in [-0.2, -0.15) is 5.10 Å². The van der Waals surface area contributed by atoms with Gasteiger partial charge in [-0.25, -0.2) is 5.43 Å². The summed E-state index contributed by atoms with van der Waals surface area (Å²) in [4.78, 5) is 11.9. The van der Waals surface area contributed by atoms with Crippen molar-refractivity contribution in [3.63, 3.8) is 0 Å². The third-order valence-corrected chi connectivity index (χ3v) is 4.09. The normalized spacial score (nSPS) is 10.6. The molecule has 0 saturated heterocycles. The van der Waals surface area contributed by atoms with Crippen LogP contribution < -0.4 is 15.5 Å². The van der Waals surface area contributed by atoms with Gasteiger partial charge in [0.2, 0.25) is 0 Å². The molecule has 5 nitrogen and oxygen atoms in total. The van der Waals surface area contributed by atoms with Gasteiger partial charge in [0.25, 0.3) is 5.91 Å². The molecular weight excluding hydrogens is 350 g/mol. The maximum atomic E-state index is 11.9. The number of rotatable bonds is 8. The first-order chi connectivity index (χ1) is 13.7. The van der Waals surface area contributed by atoms with Gasteiger partial charge in [-0.15, -0.1) is 0 Å². The highest BCUT2D eigenvalue weighted by atomic mass is 16.5. The Hall–Kier alpha value is -3.60. The minimum absolute atomic E-state index is 0.155. The van der Waals surface area contributed by atoms with Crippen LogP contribution in [0, 0.1) is 6.92 Å². The average Bonchev–Trinajstić information content (AvgIpc) is 2.73. The van der Waals surface area contributed by atoms with E-state index < -0.39 is 0 Å². The Morgan fingerprint density at radius 3 is 2.61 bits per heavy atom. The molecule has 5 heteroatoms. The standard InChI is InChI=1S/C23H23N3O2/c1-18-8-5-6-13-22(18)24-16-23(27)26-25-15-20-11-7-12-21(14-20)28-17-19-9-3-2-4-10-19/h2-15,24H,16-17H2,1H3,(H,26,27)/b25-15-. The maximum Gasteiger partial charge on any atom is 0.259 e. The molecule has 1 amide bonds. The van der Waals surface area contributed by atoms with Gasteiger partial charge in [-0.05, 0) is 41.8 Å². The average molecular weight is 373 g/mol. The molecule has 0 atom stereocenters. The zero-order valence-electron chi connectivity index (χ0n) is 15.8. The maximum absolute atomic E-state index is 11.9. The van der Waals surface area contributed by atoms with Crippen LogP contribution >= 0.6 is 0 Å². The molecule has 3 rings (SSSR count). The molecule has 3 aromatic rings. The summed E-state index contributed by atoms with van der Waals surface area (Å²) >= 11 is 0. The van der Waals surface area contributed by atoms with Crippen LogP contribution in [0.1, 0.15) is 16.7 Å². The van der Waals surface area contributed by atoms with E-state index in [1.54, 1.807) is 6.21 Å². The quantitative estimate of drug-likeness (QED) is 0.461. The summed E-state index contributed by atoms with van der Waals surface area (Å²) in [7, 11) is 0. The fourth-order valence-electron chi connectivity index (χ4n) is 2.59. The zero-order valence-corrected chi connectivity index (χ0v) is 15.8. The van der Waals surface area contributed by atoms with Crippen molar-refractivity contribution in [2.24, 2.45) is 5.10 Å². The highest BCUT2D eigenvalue weighted by Crippen LogP contribution is 2.14. The summed E-state index contributed by atoms with van der Waals surface area (Å²) in [5, 5.41) is 7.11. The number of amides is 1. The molecule has 0 aliphatic carbocycles. The van der Waals surface area contributed by atoms with Crippen LogP contribution in [0.3, 0.4) is 0 Å². The fraction of sp³-hybridized carbons (Fsp3) is 0.130. The first kappa shape index (κ1) is 19.2. The number of nitrogens with one attached hydrogen (secondary N) is 2. The van der Waals surface area contributed by atoms with Gasteiger partial charge >= 0.3 is 0 Å². The van der Waals surface area contributed by atoms with Crippen molar-refractivity contribution in [1.82, 2.24) is 5.43 Å².